The van der Waals surface area contributed by atoms with E-state index >= 15 is 0 Å². The van der Waals surface area contributed by atoms with E-state index in [4.69, 9.17) is 0 Å². The fourth-order valence-corrected chi connectivity index (χ4v) is 1.53. The fraction of sp³-hybridized carbons (Fsp3) is 0.417. The second-order valence-electron chi connectivity index (χ2n) is 4.47. The van der Waals surface area contributed by atoms with Crippen molar-refractivity contribution in [2.75, 3.05) is 27.2 Å². The van der Waals surface area contributed by atoms with Crippen molar-refractivity contribution in [3.63, 3.8) is 0 Å². The van der Waals surface area contributed by atoms with Crippen LogP contribution in [0.2, 0.25) is 0 Å². The molecule has 0 aliphatic carbocycles. The quantitative estimate of drug-likeness (QED) is 0.562. The van der Waals surface area contributed by atoms with Crippen molar-refractivity contribution in [2.24, 2.45) is 0 Å². The Labute approximate surface area is 106 Å². The Morgan fingerprint density at radius 3 is 2.61 bits per heavy atom. The number of nitro benzene ring substituents is 1. The van der Waals surface area contributed by atoms with Gasteiger partial charge in [0.05, 0.1) is 32.1 Å². The van der Waals surface area contributed by atoms with Crippen molar-refractivity contribution in [1.82, 2.24) is 5.32 Å². The minimum absolute atomic E-state index is 0.0317. The molecular weight excluding hydrogens is 234 g/mol. The Morgan fingerprint density at radius 1 is 1.44 bits per heavy atom. The molecule has 98 valence electrons. The molecule has 0 saturated carbocycles. The zero-order chi connectivity index (χ0) is 13.7. The third-order valence-electron chi connectivity index (χ3n) is 2.57. The molecule has 0 aliphatic heterocycles. The van der Waals surface area contributed by atoms with E-state index in [1.807, 2.05) is 14.1 Å². The molecule has 6 heteroatoms. The third kappa shape index (κ3) is 3.81. The number of nitrogens with one attached hydrogen (secondary N) is 2. The van der Waals surface area contributed by atoms with Gasteiger partial charge in [0, 0.05) is 17.2 Å². The van der Waals surface area contributed by atoms with E-state index in [9.17, 15) is 14.9 Å². The predicted molar refractivity (Wildman–Crippen MR) is 67.8 cm³/mol. The normalized spacial score (nSPS) is 10.4. The van der Waals surface area contributed by atoms with Gasteiger partial charge in [-0.2, -0.15) is 0 Å². The van der Waals surface area contributed by atoms with Gasteiger partial charge in [0.2, 0.25) is 0 Å². The van der Waals surface area contributed by atoms with Gasteiger partial charge in [0.25, 0.3) is 11.6 Å². The van der Waals surface area contributed by atoms with Gasteiger partial charge in [-0.3, -0.25) is 14.9 Å². The van der Waals surface area contributed by atoms with Gasteiger partial charge in [-0.25, -0.2) is 0 Å². The summed E-state index contributed by atoms with van der Waals surface area (Å²) >= 11 is 0. The monoisotopic (exact) mass is 252 g/mol. The van der Waals surface area contributed by atoms with Gasteiger partial charge < -0.3 is 10.2 Å². The van der Waals surface area contributed by atoms with Crippen LogP contribution in [0.1, 0.15) is 15.9 Å². The summed E-state index contributed by atoms with van der Waals surface area (Å²) in [5.41, 5.74) is 0.974. The lowest BCUT2D eigenvalue weighted by Crippen LogP contribution is -3.06. The molecule has 0 fully saturated rings. The van der Waals surface area contributed by atoms with Crippen molar-refractivity contribution < 1.29 is 14.6 Å². The smallest absolute Gasteiger partial charge is 0.272 e. The maximum atomic E-state index is 11.8. The number of carbonyl (C=O) groups is 1. The van der Waals surface area contributed by atoms with Crippen LogP contribution in [0.15, 0.2) is 18.2 Å². The standard InChI is InChI=1S/C12H17N3O3/c1-9-8-10(4-5-11(9)15(17)18)12(16)13-6-7-14(2)3/h4-5,8H,6-7H2,1-3H3,(H,13,16)/p+1. The number of hydrogen-bond acceptors (Lipinski definition) is 3. The van der Waals surface area contributed by atoms with Crippen LogP contribution >= 0.6 is 0 Å². The van der Waals surface area contributed by atoms with Crippen molar-refractivity contribution in [3.05, 3.63) is 39.4 Å². The molecule has 1 aromatic rings. The number of quaternary nitrogens is 1. The first-order valence-electron chi connectivity index (χ1n) is 5.74. The van der Waals surface area contributed by atoms with E-state index in [-0.39, 0.29) is 11.6 Å². The van der Waals surface area contributed by atoms with E-state index < -0.39 is 4.92 Å². The highest BCUT2D eigenvalue weighted by molar-refractivity contribution is 5.94. The molecule has 0 aromatic heterocycles. The Balaban J connectivity index is 2.70. The number of likely N-dealkylation sites (N-methyl/N-ethyl adjacent to an activating group) is 1. The number of rotatable bonds is 5. The molecule has 1 amide bonds. The largest absolute Gasteiger partial charge is 0.346 e. The Bertz CT molecular complexity index is 458. The number of amides is 1. The molecule has 0 heterocycles. The highest BCUT2D eigenvalue weighted by atomic mass is 16.6. The number of aryl methyl sites for hydroxylation is 1. The van der Waals surface area contributed by atoms with Crippen LogP contribution in [0.25, 0.3) is 0 Å². The van der Waals surface area contributed by atoms with Gasteiger partial charge >= 0.3 is 0 Å². The molecule has 0 unspecified atom stereocenters. The molecule has 0 radical (unpaired) electrons. The molecule has 18 heavy (non-hydrogen) atoms. The first-order valence-corrected chi connectivity index (χ1v) is 5.74. The SMILES string of the molecule is Cc1cc(C(=O)NCC[NH+](C)C)ccc1[N+](=O)[O-]. The van der Waals surface area contributed by atoms with Gasteiger partial charge in [0.1, 0.15) is 0 Å². The van der Waals surface area contributed by atoms with Crippen molar-refractivity contribution in [3.8, 4) is 0 Å². The number of nitrogens with zero attached hydrogens (tertiary/aromatic N) is 1. The summed E-state index contributed by atoms with van der Waals surface area (Å²) in [5.74, 6) is -0.200. The lowest BCUT2D eigenvalue weighted by molar-refractivity contribution is -0.856. The Morgan fingerprint density at radius 2 is 2.11 bits per heavy atom. The summed E-state index contributed by atoms with van der Waals surface area (Å²) in [6.45, 7) is 3.04. The molecule has 1 rings (SSSR count). The average molecular weight is 252 g/mol. The molecule has 0 atom stereocenters. The van der Waals surface area contributed by atoms with Crippen molar-refractivity contribution in [1.29, 1.82) is 0 Å². The van der Waals surface area contributed by atoms with Crippen LogP contribution in [0.5, 0.6) is 0 Å². The lowest BCUT2D eigenvalue weighted by Gasteiger charge is -2.08. The minimum Gasteiger partial charge on any atom is -0.346 e. The van der Waals surface area contributed by atoms with Crippen LogP contribution in [-0.4, -0.2) is 38.0 Å². The summed E-state index contributed by atoms with van der Waals surface area (Å²) < 4.78 is 0. The van der Waals surface area contributed by atoms with E-state index in [0.717, 1.165) is 6.54 Å². The first kappa shape index (κ1) is 14.1. The zero-order valence-corrected chi connectivity index (χ0v) is 10.8. The van der Waals surface area contributed by atoms with Crippen molar-refractivity contribution in [2.45, 2.75) is 6.92 Å². The predicted octanol–water partition coefficient (Wildman–Crippen LogP) is -0.222. The number of carbonyl (C=O) groups excluding carboxylic acids is 1. The van der Waals surface area contributed by atoms with Crippen molar-refractivity contribution >= 4 is 11.6 Å². The van der Waals surface area contributed by atoms with E-state index in [1.54, 1.807) is 6.92 Å². The van der Waals surface area contributed by atoms with E-state index in [1.165, 1.54) is 23.1 Å². The highest BCUT2D eigenvalue weighted by Crippen LogP contribution is 2.18. The molecule has 6 nitrogen and oxygen atoms in total. The molecule has 1 aromatic carbocycles. The summed E-state index contributed by atoms with van der Waals surface area (Å²) in [7, 11) is 4.00. The maximum Gasteiger partial charge on any atom is 0.272 e. The Hall–Kier alpha value is -1.95. The summed E-state index contributed by atoms with van der Waals surface area (Å²) in [5, 5.41) is 13.4. The summed E-state index contributed by atoms with van der Waals surface area (Å²) in [4.78, 5) is 23.2. The zero-order valence-electron chi connectivity index (χ0n) is 10.8. The van der Waals surface area contributed by atoms with Crippen LogP contribution in [0, 0.1) is 17.0 Å². The molecule has 0 spiro atoms. The summed E-state index contributed by atoms with van der Waals surface area (Å²) in [6.07, 6.45) is 0. The topological polar surface area (TPSA) is 76.7 Å². The number of hydrogen-bond donors (Lipinski definition) is 2. The van der Waals surface area contributed by atoms with Gasteiger partial charge in [-0.15, -0.1) is 0 Å². The number of benzene rings is 1. The third-order valence-corrected chi connectivity index (χ3v) is 2.57. The Kier molecular flexibility index (Phi) is 4.79. The molecule has 0 saturated heterocycles. The maximum absolute atomic E-state index is 11.8. The van der Waals surface area contributed by atoms with Gasteiger partial charge in [-0.05, 0) is 19.1 Å². The van der Waals surface area contributed by atoms with Gasteiger partial charge in [-0.1, -0.05) is 0 Å². The van der Waals surface area contributed by atoms with E-state index in [2.05, 4.69) is 5.32 Å². The average Bonchev–Trinajstić information content (AvgIpc) is 2.27. The second kappa shape index (κ2) is 6.11. The minimum atomic E-state index is -0.452. The lowest BCUT2D eigenvalue weighted by atomic mass is 10.1. The number of nitro groups is 1. The molecule has 2 N–H and O–H groups in total. The highest BCUT2D eigenvalue weighted by Gasteiger charge is 2.13. The van der Waals surface area contributed by atoms with Crippen LogP contribution in [0.3, 0.4) is 0 Å². The molecule has 0 bridgehead atoms. The molecule has 0 aliphatic rings. The summed E-state index contributed by atoms with van der Waals surface area (Å²) in [6, 6.07) is 4.38. The van der Waals surface area contributed by atoms with Crippen LogP contribution in [-0.2, 0) is 0 Å². The second-order valence-corrected chi connectivity index (χ2v) is 4.47. The molecular formula is C12H18N3O3+. The van der Waals surface area contributed by atoms with Crippen LogP contribution in [0.4, 0.5) is 5.69 Å². The van der Waals surface area contributed by atoms with Gasteiger partial charge in [0.15, 0.2) is 0 Å². The fourth-order valence-electron chi connectivity index (χ4n) is 1.53. The van der Waals surface area contributed by atoms with Crippen LogP contribution < -0.4 is 10.2 Å². The first-order chi connectivity index (χ1) is 8.41. The van der Waals surface area contributed by atoms with E-state index in [0.29, 0.717) is 17.7 Å².